The van der Waals surface area contributed by atoms with Crippen molar-refractivity contribution < 1.29 is 9.90 Å². The van der Waals surface area contributed by atoms with Gasteiger partial charge in [0.1, 0.15) is 0 Å². The number of hydrogen-bond acceptors (Lipinski definition) is 3. The van der Waals surface area contributed by atoms with E-state index in [1.807, 2.05) is 20.8 Å². The van der Waals surface area contributed by atoms with Crippen LogP contribution in [0.15, 0.2) is 0 Å². The van der Waals surface area contributed by atoms with Crippen molar-refractivity contribution in [1.82, 2.24) is 5.32 Å². The van der Waals surface area contributed by atoms with E-state index in [9.17, 15) is 4.79 Å². The van der Waals surface area contributed by atoms with E-state index in [4.69, 9.17) is 5.11 Å². The van der Waals surface area contributed by atoms with E-state index in [-0.39, 0.29) is 23.0 Å². The topological polar surface area (TPSA) is 49.3 Å². The molecule has 2 N–H and O–H groups in total. The van der Waals surface area contributed by atoms with Gasteiger partial charge >= 0.3 is 0 Å². The lowest BCUT2D eigenvalue weighted by Gasteiger charge is -2.14. The van der Waals surface area contributed by atoms with Crippen LogP contribution in [0.4, 0.5) is 0 Å². The van der Waals surface area contributed by atoms with Crippen molar-refractivity contribution in [3.63, 3.8) is 0 Å². The predicted molar refractivity (Wildman–Crippen MR) is 56.9 cm³/mol. The third-order valence-corrected chi connectivity index (χ3v) is 2.85. The minimum Gasteiger partial charge on any atom is -0.395 e. The Morgan fingerprint density at radius 1 is 1.54 bits per heavy atom. The number of hydrogen-bond donors (Lipinski definition) is 2. The molecule has 0 aliphatic carbocycles. The van der Waals surface area contributed by atoms with E-state index in [2.05, 4.69) is 5.32 Å². The summed E-state index contributed by atoms with van der Waals surface area (Å²) in [4.78, 5) is 11.3. The minimum atomic E-state index is -0.0753. The third-order valence-electron chi connectivity index (χ3n) is 1.61. The summed E-state index contributed by atoms with van der Waals surface area (Å²) in [5, 5.41) is 11.7. The molecule has 0 aromatic heterocycles. The summed E-state index contributed by atoms with van der Waals surface area (Å²) in [6.45, 7) is 6.65. The fourth-order valence-electron chi connectivity index (χ4n) is 0.845. The van der Waals surface area contributed by atoms with Crippen LogP contribution in [-0.4, -0.2) is 34.7 Å². The molecule has 1 amide bonds. The molecule has 0 heterocycles. The van der Waals surface area contributed by atoms with Crippen molar-refractivity contribution in [3.05, 3.63) is 0 Å². The largest absolute Gasteiger partial charge is 0.395 e. The lowest BCUT2D eigenvalue weighted by Crippen LogP contribution is -2.32. The first-order valence-electron chi connectivity index (χ1n) is 4.65. The average molecular weight is 205 g/mol. The number of carbonyl (C=O) groups is 1. The second-order valence-electron chi connectivity index (χ2n) is 3.06. The number of aliphatic hydroxyl groups excluding tert-OH is 1. The predicted octanol–water partition coefficient (Wildman–Crippen LogP) is 1.02. The van der Waals surface area contributed by atoms with Crippen molar-refractivity contribution in [3.8, 4) is 0 Å². The van der Waals surface area contributed by atoms with Gasteiger partial charge < -0.3 is 10.4 Å². The van der Waals surface area contributed by atoms with Gasteiger partial charge in [-0.2, -0.15) is 0 Å². The number of aliphatic hydroxyl groups is 1. The number of nitrogens with one attached hydrogen (secondary N) is 1. The Kier molecular flexibility index (Phi) is 7.09. The van der Waals surface area contributed by atoms with E-state index in [0.717, 1.165) is 13.0 Å². The van der Waals surface area contributed by atoms with E-state index >= 15 is 0 Å². The van der Waals surface area contributed by atoms with Crippen molar-refractivity contribution in [1.29, 1.82) is 0 Å². The molecule has 2 unspecified atom stereocenters. The molecule has 0 aromatic carbocycles. The zero-order valence-corrected chi connectivity index (χ0v) is 9.36. The lowest BCUT2D eigenvalue weighted by atomic mass is 10.4. The first kappa shape index (κ1) is 12.8. The van der Waals surface area contributed by atoms with Gasteiger partial charge in [-0.25, -0.2) is 0 Å². The number of amides is 1. The van der Waals surface area contributed by atoms with Gasteiger partial charge in [-0.3, -0.25) is 4.79 Å². The first-order chi connectivity index (χ1) is 6.11. The molecule has 0 aromatic rings. The Bertz CT molecular complexity index is 153. The highest BCUT2D eigenvalue weighted by Gasteiger charge is 2.15. The maximum absolute atomic E-state index is 11.3. The van der Waals surface area contributed by atoms with E-state index in [1.54, 1.807) is 0 Å². The van der Waals surface area contributed by atoms with E-state index in [1.165, 1.54) is 11.8 Å². The molecular formula is C9H19NO2S. The minimum absolute atomic E-state index is 0.0622. The van der Waals surface area contributed by atoms with Crippen molar-refractivity contribution in [2.24, 2.45) is 0 Å². The maximum Gasteiger partial charge on any atom is 0.232 e. The monoisotopic (exact) mass is 205 g/mol. The lowest BCUT2D eigenvalue weighted by molar-refractivity contribution is -0.120. The van der Waals surface area contributed by atoms with E-state index in [0.29, 0.717) is 0 Å². The van der Waals surface area contributed by atoms with Gasteiger partial charge in [-0.15, -0.1) is 11.8 Å². The molecule has 0 aliphatic heterocycles. The van der Waals surface area contributed by atoms with Crippen LogP contribution >= 0.6 is 11.8 Å². The summed E-state index contributed by atoms with van der Waals surface area (Å²) >= 11 is 1.50. The van der Waals surface area contributed by atoms with Gasteiger partial charge in [0.2, 0.25) is 5.91 Å². The van der Waals surface area contributed by atoms with Crippen LogP contribution in [0.3, 0.4) is 0 Å². The average Bonchev–Trinajstić information content (AvgIpc) is 2.13. The third kappa shape index (κ3) is 5.93. The molecule has 0 rings (SSSR count). The fraction of sp³-hybridized carbons (Fsp3) is 0.889. The number of thioether (sulfide) groups is 1. The molecule has 0 spiro atoms. The van der Waals surface area contributed by atoms with Gasteiger partial charge in [-0.05, 0) is 13.3 Å². The maximum atomic E-state index is 11.3. The summed E-state index contributed by atoms with van der Waals surface area (Å²) in [6, 6.07) is 0. The van der Waals surface area contributed by atoms with Crippen molar-refractivity contribution in [2.75, 3.05) is 13.2 Å². The fourth-order valence-corrected chi connectivity index (χ4v) is 1.84. The Balaban J connectivity index is 3.68. The van der Waals surface area contributed by atoms with Gasteiger partial charge in [-0.1, -0.05) is 13.8 Å². The molecule has 0 fully saturated rings. The summed E-state index contributed by atoms with van der Waals surface area (Å²) < 4.78 is 0. The summed E-state index contributed by atoms with van der Waals surface area (Å²) in [6.07, 6.45) is 0.957. The highest BCUT2D eigenvalue weighted by Crippen LogP contribution is 2.16. The first-order valence-corrected chi connectivity index (χ1v) is 5.60. The van der Waals surface area contributed by atoms with Gasteiger partial charge in [0, 0.05) is 11.8 Å². The zero-order valence-electron chi connectivity index (χ0n) is 8.54. The Hall–Kier alpha value is -0.220. The van der Waals surface area contributed by atoms with E-state index < -0.39 is 0 Å². The van der Waals surface area contributed by atoms with Crippen molar-refractivity contribution in [2.45, 2.75) is 37.7 Å². The zero-order chi connectivity index (χ0) is 10.3. The highest BCUT2D eigenvalue weighted by atomic mass is 32.2. The van der Waals surface area contributed by atoms with Gasteiger partial charge in [0.05, 0.1) is 11.9 Å². The quantitative estimate of drug-likeness (QED) is 0.680. The van der Waals surface area contributed by atoms with Crippen LogP contribution in [0.2, 0.25) is 0 Å². The second kappa shape index (κ2) is 7.21. The van der Waals surface area contributed by atoms with Crippen LogP contribution in [-0.2, 0) is 4.79 Å². The summed E-state index contributed by atoms with van der Waals surface area (Å²) in [5.41, 5.74) is 0. The molecule has 0 radical (unpaired) electrons. The Morgan fingerprint density at radius 3 is 2.62 bits per heavy atom. The molecule has 78 valence electrons. The summed E-state index contributed by atoms with van der Waals surface area (Å²) in [7, 11) is 0. The molecule has 13 heavy (non-hydrogen) atoms. The second-order valence-corrected chi connectivity index (χ2v) is 4.85. The standard InChI is InChI=1S/C9H19NO2S/c1-4-5-10-9(12)8(3)13-7(2)6-11/h7-8,11H,4-6H2,1-3H3,(H,10,12). The number of rotatable bonds is 6. The van der Waals surface area contributed by atoms with Crippen LogP contribution < -0.4 is 5.32 Å². The SMILES string of the molecule is CCCNC(=O)C(C)SC(C)CO. The van der Waals surface area contributed by atoms with Crippen LogP contribution in [0.5, 0.6) is 0 Å². The highest BCUT2D eigenvalue weighted by molar-refractivity contribution is 8.01. The van der Waals surface area contributed by atoms with Crippen molar-refractivity contribution >= 4 is 17.7 Å². The van der Waals surface area contributed by atoms with Crippen LogP contribution in [0, 0.1) is 0 Å². The molecule has 0 saturated carbocycles. The molecular weight excluding hydrogens is 186 g/mol. The molecule has 0 aliphatic rings. The molecule has 4 heteroatoms. The summed E-state index contributed by atoms with van der Waals surface area (Å²) in [5.74, 6) is 0.0622. The molecule has 2 atom stereocenters. The Morgan fingerprint density at radius 2 is 2.15 bits per heavy atom. The van der Waals surface area contributed by atoms with Gasteiger partial charge in [0.25, 0.3) is 0 Å². The smallest absolute Gasteiger partial charge is 0.232 e. The van der Waals surface area contributed by atoms with Crippen LogP contribution in [0.1, 0.15) is 27.2 Å². The van der Waals surface area contributed by atoms with Crippen LogP contribution in [0.25, 0.3) is 0 Å². The Labute approximate surface area is 84.3 Å². The molecule has 3 nitrogen and oxygen atoms in total. The molecule has 0 saturated heterocycles. The molecule has 0 bridgehead atoms. The normalized spacial score (nSPS) is 15.1. The van der Waals surface area contributed by atoms with Gasteiger partial charge in [0.15, 0.2) is 0 Å². The number of carbonyl (C=O) groups excluding carboxylic acids is 1.